The number of benzene rings is 2. The number of nitrogens with zero attached hydrogens (tertiary/aromatic N) is 3. The molecule has 1 aliphatic rings. The van der Waals surface area contributed by atoms with E-state index >= 15 is 0 Å². The third-order valence-corrected chi connectivity index (χ3v) is 3.15. The largest absolute Gasteiger partial charge is 0.391 e. The van der Waals surface area contributed by atoms with Crippen LogP contribution in [0.2, 0.25) is 0 Å². The van der Waals surface area contributed by atoms with Gasteiger partial charge in [-0.25, -0.2) is 0 Å². The van der Waals surface area contributed by atoms with Gasteiger partial charge in [0.2, 0.25) is 0 Å². The predicted molar refractivity (Wildman–Crippen MR) is 77.1 cm³/mol. The molecular weight excluding hydrogens is 250 g/mol. The number of rotatable bonds is 4. The van der Waals surface area contributed by atoms with Crippen LogP contribution in [0, 0.1) is 0 Å². The van der Waals surface area contributed by atoms with Crippen molar-refractivity contribution in [1.82, 2.24) is 0 Å². The van der Waals surface area contributed by atoms with Crippen LogP contribution in [0.3, 0.4) is 0 Å². The summed E-state index contributed by atoms with van der Waals surface area (Å²) in [6.07, 6.45) is 0. The van der Waals surface area contributed by atoms with E-state index in [9.17, 15) is 0 Å². The summed E-state index contributed by atoms with van der Waals surface area (Å²) in [5.74, 6) is 0. The summed E-state index contributed by atoms with van der Waals surface area (Å²) in [4.78, 5) is 14.0. The van der Waals surface area contributed by atoms with Crippen molar-refractivity contribution in [3.05, 3.63) is 70.4 Å². The van der Waals surface area contributed by atoms with Crippen LogP contribution in [0.1, 0.15) is 18.1 Å². The van der Waals surface area contributed by atoms with E-state index in [2.05, 4.69) is 15.1 Å². The molecule has 0 bridgehead atoms. The van der Waals surface area contributed by atoms with Gasteiger partial charge < -0.3 is 4.84 Å². The molecular formula is C16H15N3O. The fourth-order valence-corrected chi connectivity index (χ4v) is 2.04. The van der Waals surface area contributed by atoms with Gasteiger partial charge in [-0.2, -0.15) is 0 Å². The Kier molecular flexibility index (Phi) is 3.54. The number of hydrogen-bond donors (Lipinski definition) is 0. The van der Waals surface area contributed by atoms with E-state index in [0.717, 1.165) is 27.6 Å². The molecule has 0 saturated heterocycles. The van der Waals surface area contributed by atoms with Gasteiger partial charge in [-0.1, -0.05) is 41.6 Å². The lowest BCUT2D eigenvalue weighted by atomic mass is 10.1. The van der Waals surface area contributed by atoms with E-state index < -0.39 is 0 Å². The van der Waals surface area contributed by atoms with Crippen molar-refractivity contribution < 1.29 is 4.84 Å². The SMILES string of the molecule is C/C(=N\OCc1ccc2c(c1)=NCN=2)c1ccccc1. The highest BCUT2D eigenvalue weighted by Crippen LogP contribution is 2.03. The van der Waals surface area contributed by atoms with Gasteiger partial charge in [-0.15, -0.1) is 0 Å². The molecule has 4 nitrogen and oxygen atoms in total. The molecule has 1 heterocycles. The van der Waals surface area contributed by atoms with Crippen molar-refractivity contribution in [3.63, 3.8) is 0 Å². The van der Waals surface area contributed by atoms with Crippen molar-refractivity contribution in [2.24, 2.45) is 15.1 Å². The monoisotopic (exact) mass is 265 g/mol. The Labute approximate surface area is 117 Å². The Balaban J connectivity index is 1.67. The Morgan fingerprint density at radius 1 is 1.10 bits per heavy atom. The van der Waals surface area contributed by atoms with E-state index in [1.54, 1.807) is 0 Å². The quantitative estimate of drug-likeness (QED) is 0.614. The maximum absolute atomic E-state index is 5.41. The minimum Gasteiger partial charge on any atom is -0.391 e. The first kappa shape index (κ1) is 12.5. The zero-order chi connectivity index (χ0) is 13.8. The van der Waals surface area contributed by atoms with Crippen LogP contribution in [-0.4, -0.2) is 12.4 Å². The fourth-order valence-electron chi connectivity index (χ4n) is 2.04. The molecule has 0 spiro atoms. The molecule has 0 fully saturated rings. The molecule has 100 valence electrons. The molecule has 0 unspecified atom stereocenters. The molecule has 20 heavy (non-hydrogen) atoms. The molecule has 0 radical (unpaired) electrons. The summed E-state index contributed by atoms with van der Waals surface area (Å²) in [7, 11) is 0. The Hall–Kier alpha value is -2.49. The number of hydrogen-bond acceptors (Lipinski definition) is 4. The van der Waals surface area contributed by atoms with E-state index in [1.807, 2.05) is 55.5 Å². The normalized spacial score (nSPS) is 13.3. The lowest BCUT2D eigenvalue weighted by Crippen LogP contribution is -2.21. The second-order valence-electron chi connectivity index (χ2n) is 4.60. The molecule has 0 atom stereocenters. The molecule has 4 heteroatoms. The first-order valence-electron chi connectivity index (χ1n) is 6.53. The molecule has 0 aromatic heterocycles. The summed E-state index contributed by atoms with van der Waals surface area (Å²) >= 11 is 0. The molecule has 0 N–H and O–H groups in total. The van der Waals surface area contributed by atoms with Gasteiger partial charge in [-0.3, -0.25) is 9.98 Å². The van der Waals surface area contributed by atoms with Gasteiger partial charge in [-0.05, 0) is 30.2 Å². The van der Waals surface area contributed by atoms with Crippen molar-refractivity contribution in [1.29, 1.82) is 0 Å². The van der Waals surface area contributed by atoms with Crippen LogP contribution >= 0.6 is 0 Å². The third-order valence-electron chi connectivity index (χ3n) is 3.15. The van der Waals surface area contributed by atoms with E-state index in [4.69, 9.17) is 4.84 Å². The second-order valence-corrected chi connectivity index (χ2v) is 4.60. The number of oxime groups is 1. The molecule has 1 aliphatic heterocycles. The first-order valence-corrected chi connectivity index (χ1v) is 6.53. The molecule has 3 rings (SSSR count). The van der Waals surface area contributed by atoms with Crippen molar-refractivity contribution in [2.75, 3.05) is 6.67 Å². The third kappa shape index (κ3) is 2.74. The van der Waals surface area contributed by atoms with Gasteiger partial charge in [0, 0.05) is 0 Å². The van der Waals surface area contributed by atoms with E-state index in [-0.39, 0.29) is 0 Å². The van der Waals surface area contributed by atoms with Crippen LogP contribution in [-0.2, 0) is 11.4 Å². The van der Waals surface area contributed by atoms with E-state index in [0.29, 0.717) is 13.3 Å². The zero-order valence-corrected chi connectivity index (χ0v) is 11.3. The van der Waals surface area contributed by atoms with Crippen molar-refractivity contribution >= 4 is 5.71 Å². The van der Waals surface area contributed by atoms with Crippen LogP contribution in [0.15, 0.2) is 63.7 Å². The van der Waals surface area contributed by atoms with Gasteiger partial charge >= 0.3 is 0 Å². The van der Waals surface area contributed by atoms with Crippen molar-refractivity contribution in [3.8, 4) is 0 Å². The lowest BCUT2D eigenvalue weighted by Gasteiger charge is -2.02. The zero-order valence-electron chi connectivity index (χ0n) is 11.3. The average molecular weight is 265 g/mol. The maximum Gasteiger partial charge on any atom is 0.142 e. The second kappa shape index (κ2) is 5.65. The van der Waals surface area contributed by atoms with Gasteiger partial charge in [0.15, 0.2) is 0 Å². The Morgan fingerprint density at radius 3 is 2.75 bits per heavy atom. The van der Waals surface area contributed by atoms with E-state index in [1.165, 1.54) is 0 Å². The van der Waals surface area contributed by atoms with Crippen LogP contribution < -0.4 is 10.7 Å². The summed E-state index contributed by atoms with van der Waals surface area (Å²) in [6.45, 7) is 2.91. The van der Waals surface area contributed by atoms with Crippen LogP contribution in [0.4, 0.5) is 0 Å². The van der Waals surface area contributed by atoms with Crippen molar-refractivity contribution in [2.45, 2.75) is 13.5 Å². The molecule has 0 saturated carbocycles. The summed E-state index contributed by atoms with van der Waals surface area (Å²) in [5.41, 5.74) is 2.98. The summed E-state index contributed by atoms with van der Waals surface area (Å²) in [6, 6.07) is 15.9. The predicted octanol–water partition coefficient (Wildman–Crippen LogP) is 1.84. The lowest BCUT2D eigenvalue weighted by molar-refractivity contribution is 0.130. The summed E-state index contributed by atoms with van der Waals surface area (Å²) < 4.78 is 0. The molecule has 2 aromatic rings. The highest BCUT2D eigenvalue weighted by atomic mass is 16.6. The van der Waals surface area contributed by atoms with Crippen LogP contribution in [0.25, 0.3) is 0 Å². The molecule has 0 amide bonds. The standard InChI is InChI=1S/C16H15N3O/c1-12(14-5-3-2-4-6-14)19-20-10-13-7-8-15-16(9-13)18-11-17-15/h2-9H,10-11H2,1H3/b19-12+. The molecule has 2 aromatic carbocycles. The fraction of sp³-hybridized carbons (Fsp3) is 0.188. The highest BCUT2D eigenvalue weighted by Gasteiger charge is 2.00. The average Bonchev–Trinajstić information content (AvgIpc) is 2.95. The molecule has 0 aliphatic carbocycles. The topological polar surface area (TPSA) is 46.3 Å². The van der Waals surface area contributed by atoms with Gasteiger partial charge in [0.05, 0.1) is 16.4 Å². The van der Waals surface area contributed by atoms with Crippen LogP contribution in [0.5, 0.6) is 0 Å². The minimum atomic E-state index is 0.437. The summed E-state index contributed by atoms with van der Waals surface area (Å²) in [5, 5.41) is 6.04. The smallest absolute Gasteiger partial charge is 0.142 e. The Morgan fingerprint density at radius 2 is 1.90 bits per heavy atom. The minimum absolute atomic E-state index is 0.437. The number of fused-ring (bicyclic) bond motifs is 1. The highest BCUT2D eigenvalue weighted by molar-refractivity contribution is 5.98. The van der Waals surface area contributed by atoms with Gasteiger partial charge in [0.1, 0.15) is 13.3 Å². The first-order chi connectivity index (χ1) is 9.83. The van der Waals surface area contributed by atoms with Gasteiger partial charge in [0.25, 0.3) is 0 Å². The maximum atomic E-state index is 5.41. The Bertz CT molecular complexity index is 751.